The molecule has 22 heavy (non-hydrogen) atoms. The zero-order chi connectivity index (χ0) is 15.7. The van der Waals surface area contributed by atoms with Crippen LogP contribution in [0.1, 0.15) is 60.1 Å². The molecule has 2 heterocycles. The zero-order valence-electron chi connectivity index (χ0n) is 13.9. The van der Waals surface area contributed by atoms with E-state index in [1.54, 1.807) is 11.3 Å². The van der Waals surface area contributed by atoms with Crippen molar-refractivity contribution in [3.63, 3.8) is 0 Å². The van der Waals surface area contributed by atoms with E-state index >= 15 is 0 Å². The first kappa shape index (κ1) is 16.0. The Labute approximate surface area is 137 Å². The number of amides is 1. The Bertz CT molecular complexity index is 538. The fourth-order valence-electron chi connectivity index (χ4n) is 3.47. The lowest BCUT2D eigenvalue weighted by Crippen LogP contribution is -2.31. The Balaban J connectivity index is 1.62. The van der Waals surface area contributed by atoms with Gasteiger partial charge >= 0.3 is 0 Å². The highest BCUT2D eigenvalue weighted by molar-refractivity contribution is 7.14. The van der Waals surface area contributed by atoms with Crippen LogP contribution in [0.3, 0.4) is 0 Å². The van der Waals surface area contributed by atoms with Crippen LogP contribution in [0.25, 0.3) is 0 Å². The van der Waals surface area contributed by atoms with Gasteiger partial charge < -0.3 is 10.1 Å². The highest BCUT2D eigenvalue weighted by atomic mass is 32.1. The lowest BCUT2D eigenvalue weighted by atomic mass is 9.72. The molecule has 1 aliphatic carbocycles. The molecule has 2 atom stereocenters. The number of aryl methyl sites for hydroxylation is 1. The summed E-state index contributed by atoms with van der Waals surface area (Å²) >= 11 is 1.69. The van der Waals surface area contributed by atoms with Gasteiger partial charge in [0.2, 0.25) is 0 Å². The van der Waals surface area contributed by atoms with E-state index in [-0.39, 0.29) is 12.0 Å². The first-order valence-electron chi connectivity index (χ1n) is 8.45. The number of hydrogen-bond donors (Lipinski definition) is 1. The van der Waals surface area contributed by atoms with Crippen molar-refractivity contribution in [3.05, 3.63) is 21.4 Å². The lowest BCUT2D eigenvalue weighted by molar-refractivity contribution is 0.0861. The predicted octanol–water partition coefficient (Wildman–Crippen LogP) is 3.81. The summed E-state index contributed by atoms with van der Waals surface area (Å²) in [6.07, 6.45) is 5.88. The maximum absolute atomic E-state index is 12.3. The number of hydrogen-bond acceptors (Lipinski definition) is 3. The van der Waals surface area contributed by atoms with Crippen LogP contribution in [0.2, 0.25) is 0 Å². The zero-order valence-corrected chi connectivity index (χ0v) is 14.7. The van der Waals surface area contributed by atoms with Gasteiger partial charge in [-0.3, -0.25) is 4.79 Å². The quantitative estimate of drug-likeness (QED) is 0.919. The topological polar surface area (TPSA) is 38.3 Å². The summed E-state index contributed by atoms with van der Waals surface area (Å²) in [5.41, 5.74) is 1.75. The molecule has 1 fully saturated rings. The van der Waals surface area contributed by atoms with Crippen LogP contribution in [-0.2, 0) is 17.6 Å². The third kappa shape index (κ3) is 3.54. The van der Waals surface area contributed by atoms with Gasteiger partial charge in [0, 0.05) is 18.0 Å². The number of nitrogens with one attached hydrogen (secondary N) is 1. The second-order valence-electron chi connectivity index (χ2n) is 7.71. The third-order valence-corrected chi connectivity index (χ3v) is 6.28. The Kier molecular flexibility index (Phi) is 4.60. The number of fused-ring (bicyclic) bond motifs is 1. The Morgan fingerprint density at radius 2 is 2.23 bits per heavy atom. The molecule has 0 saturated carbocycles. The maximum atomic E-state index is 12.3. The largest absolute Gasteiger partial charge is 0.376 e. The smallest absolute Gasteiger partial charge is 0.261 e. The van der Waals surface area contributed by atoms with Gasteiger partial charge in [-0.05, 0) is 55.1 Å². The molecule has 0 aromatic carbocycles. The minimum Gasteiger partial charge on any atom is -0.376 e. The van der Waals surface area contributed by atoms with E-state index in [0.717, 1.165) is 43.1 Å². The summed E-state index contributed by atoms with van der Waals surface area (Å²) < 4.78 is 5.56. The minimum absolute atomic E-state index is 0.0715. The lowest BCUT2D eigenvalue weighted by Gasteiger charge is -2.33. The first-order chi connectivity index (χ1) is 10.4. The first-order valence-corrected chi connectivity index (χ1v) is 9.26. The van der Waals surface area contributed by atoms with Crippen LogP contribution < -0.4 is 5.32 Å². The monoisotopic (exact) mass is 321 g/mol. The molecule has 4 heteroatoms. The summed E-state index contributed by atoms with van der Waals surface area (Å²) in [6.45, 7) is 8.45. The summed E-state index contributed by atoms with van der Waals surface area (Å²) in [7, 11) is 0. The molecule has 3 nitrogen and oxygen atoms in total. The number of carbonyl (C=O) groups excluding carboxylic acids is 1. The van der Waals surface area contributed by atoms with E-state index in [4.69, 9.17) is 4.74 Å². The summed E-state index contributed by atoms with van der Waals surface area (Å²) in [5.74, 6) is 0.791. The van der Waals surface area contributed by atoms with Gasteiger partial charge in [-0.15, -0.1) is 11.3 Å². The molecular weight excluding hydrogens is 294 g/mol. The molecule has 1 aliphatic heterocycles. The fourth-order valence-corrected chi connectivity index (χ4v) is 4.60. The van der Waals surface area contributed by atoms with Crippen molar-refractivity contribution in [3.8, 4) is 0 Å². The second kappa shape index (κ2) is 6.32. The number of carbonyl (C=O) groups is 1. The molecule has 3 rings (SSSR count). The molecule has 1 saturated heterocycles. The fraction of sp³-hybridized carbons (Fsp3) is 0.722. The van der Waals surface area contributed by atoms with Crippen molar-refractivity contribution in [2.75, 3.05) is 13.2 Å². The molecule has 1 amide bonds. The molecule has 0 unspecified atom stereocenters. The van der Waals surface area contributed by atoms with Crippen LogP contribution >= 0.6 is 11.3 Å². The van der Waals surface area contributed by atoms with Gasteiger partial charge in [0.25, 0.3) is 5.91 Å². The van der Waals surface area contributed by atoms with Crippen LogP contribution in [-0.4, -0.2) is 25.2 Å². The van der Waals surface area contributed by atoms with Gasteiger partial charge in [-0.1, -0.05) is 20.8 Å². The molecule has 122 valence electrons. The van der Waals surface area contributed by atoms with Crippen LogP contribution in [0.15, 0.2) is 6.07 Å². The van der Waals surface area contributed by atoms with E-state index in [1.807, 2.05) is 0 Å². The highest BCUT2D eigenvalue weighted by Gasteiger charge is 2.30. The normalized spacial score (nSPS) is 25.0. The standard InChI is InChI=1S/C18H27NO2S/c1-18(2,3)13-6-7-15-12(9-13)10-16(22-15)17(20)19-11-14-5-4-8-21-14/h10,13-14H,4-9,11H2,1-3H3,(H,19,20)/t13-,14+/m1/s1. The van der Waals surface area contributed by atoms with Crippen molar-refractivity contribution in [1.82, 2.24) is 5.32 Å². The molecule has 1 aromatic rings. The molecule has 0 bridgehead atoms. The summed E-state index contributed by atoms with van der Waals surface area (Å²) in [5, 5.41) is 3.04. The summed E-state index contributed by atoms with van der Waals surface area (Å²) in [6, 6.07) is 2.13. The summed E-state index contributed by atoms with van der Waals surface area (Å²) in [4.78, 5) is 14.6. The maximum Gasteiger partial charge on any atom is 0.261 e. The van der Waals surface area contributed by atoms with Crippen molar-refractivity contribution in [1.29, 1.82) is 0 Å². The highest BCUT2D eigenvalue weighted by Crippen LogP contribution is 2.40. The van der Waals surface area contributed by atoms with E-state index in [9.17, 15) is 4.79 Å². The molecular formula is C18H27NO2S. The van der Waals surface area contributed by atoms with Crippen molar-refractivity contribution in [2.24, 2.45) is 11.3 Å². The molecule has 0 radical (unpaired) electrons. The average molecular weight is 321 g/mol. The third-order valence-electron chi connectivity index (χ3n) is 5.05. The van der Waals surface area contributed by atoms with Crippen molar-refractivity contribution in [2.45, 2.75) is 59.0 Å². The predicted molar refractivity (Wildman–Crippen MR) is 90.6 cm³/mol. The van der Waals surface area contributed by atoms with Crippen LogP contribution in [0, 0.1) is 11.3 Å². The van der Waals surface area contributed by atoms with E-state index in [1.165, 1.54) is 16.9 Å². The van der Waals surface area contributed by atoms with Crippen molar-refractivity contribution < 1.29 is 9.53 Å². The number of rotatable bonds is 3. The Morgan fingerprint density at radius 3 is 2.91 bits per heavy atom. The minimum atomic E-state index is 0.0715. The van der Waals surface area contributed by atoms with Gasteiger partial charge in [-0.2, -0.15) is 0 Å². The van der Waals surface area contributed by atoms with Gasteiger partial charge in [0.05, 0.1) is 11.0 Å². The Morgan fingerprint density at radius 1 is 1.41 bits per heavy atom. The van der Waals surface area contributed by atoms with E-state index in [2.05, 4.69) is 32.2 Å². The van der Waals surface area contributed by atoms with Crippen LogP contribution in [0.5, 0.6) is 0 Å². The van der Waals surface area contributed by atoms with E-state index < -0.39 is 0 Å². The van der Waals surface area contributed by atoms with Gasteiger partial charge in [-0.25, -0.2) is 0 Å². The van der Waals surface area contributed by atoms with Gasteiger partial charge in [0.1, 0.15) is 0 Å². The Hall–Kier alpha value is -0.870. The molecule has 0 spiro atoms. The molecule has 2 aliphatic rings. The second-order valence-corrected chi connectivity index (χ2v) is 8.85. The average Bonchev–Trinajstić information content (AvgIpc) is 3.11. The van der Waals surface area contributed by atoms with Crippen molar-refractivity contribution >= 4 is 17.2 Å². The van der Waals surface area contributed by atoms with Gasteiger partial charge in [0.15, 0.2) is 0 Å². The SMILES string of the molecule is CC(C)(C)[C@@H]1CCc2sc(C(=O)NC[C@@H]3CCCO3)cc2C1. The number of ether oxygens (including phenoxy) is 1. The number of thiophene rings is 1. The van der Waals surface area contributed by atoms with E-state index in [0.29, 0.717) is 12.0 Å². The van der Waals surface area contributed by atoms with Crippen LogP contribution in [0.4, 0.5) is 0 Å². The molecule has 1 aromatic heterocycles. The molecule has 1 N–H and O–H groups in total.